The summed E-state index contributed by atoms with van der Waals surface area (Å²) in [7, 11) is 0. The standard InChI is InChI=1S/C22H19ClF3N5O/c1-11(13-5-4-6-15(17(13)24)22(25,26)12(2)32)30-19-14-9-16(21(27-3)7-8-21)18(23)31-20(14)29-10-28-19/h4-6,9-12,32H,7-8H2,1-2H3,(H,28,29,30,31)/t11-,12+/m1/s1. The molecule has 2 aromatic heterocycles. The third-order valence-electron chi connectivity index (χ3n) is 5.75. The largest absolute Gasteiger partial charge is 0.387 e. The first kappa shape index (κ1) is 22.2. The number of hydrogen-bond acceptors (Lipinski definition) is 5. The Balaban J connectivity index is 1.73. The van der Waals surface area contributed by atoms with Crippen LogP contribution in [0.4, 0.5) is 19.0 Å². The third-order valence-corrected chi connectivity index (χ3v) is 6.04. The average Bonchev–Trinajstić information content (AvgIpc) is 3.54. The Morgan fingerprint density at radius 2 is 2.00 bits per heavy atom. The van der Waals surface area contributed by atoms with Crippen LogP contribution in [0.25, 0.3) is 15.9 Å². The molecule has 6 nitrogen and oxygen atoms in total. The molecule has 0 unspecified atom stereocenters. The maximum Gasteiger partial charge on any atom is 0.301 e. The molecule has 10 heteroatoms. The van der Waals surface area contributed by atoms with Crippen molar-refractivity contribution in [1.29, 1.82) is 0 Å². The highest BCUT2D eigenvalue weighted by Crippen LogP contribution is 2.52. The van der Waals surface area contributed by atoms with Gasteiger partial charge in [0.25, 0.3) is 5.54 Å². The molecule has 2 N–H and O–H groups in total. The van der Waals surface area contributed by atoms with Gasteiger partial charge in [0, 0.05) is 18.4 Å². The van der Waals surface area contributed by atoms with Crippen LogP contribution in [0.3, 0.4) is 0 Å². The number of alkyl halides is 2. The Labute approximate surface area is 187 Å². The number of anilines is 1. The number of aromatic nitrogens is 3. The van der Waals surface area contributed by atoms with Crippen molar-refractivity contribution in [2.24, 2.45) is 0 Å². The molecule has 0 amide bonds. The van der Waals surface area contributed by atoms with E-state index in [2.05, 4.69) is 25.1 Å². The second kappa shape index (κ2) is 7.87. The van der Waals surface area contributed by atoms with E-state index in [1.54, 1.807) is 13.0 Å². The van der Waals surface area contributed by atoms with E-state index in [9.17, 15) is 18.3 Å². The predicted molar refractivity (Wildman–Crippen MR) is 114 cm³/mol. The highest BCUT2D eigenvalue weighted by atomic mass is 35.5. The molecule has 0 spiro atoms. The highest BCUT2D eigenvalue weighted by Gasteiger charge is 2.54. The van der Waals surface area contributed by atoms with Crippen molar-refractivity contribution in [3.8, 4) is 0 Å². The fraction of sp³-hybridized carbons (Fsp3) is 0.364. The van der Waals surface area contributed by atoms with E-state index < -0.39 is 35.0 Å². The van der Waals surface area contributed by atoms with Crippen LogP contribution >= 0.6 is 11.6 Å². The number of halogens is 4. The van der Waals surface area contributed by atoms with Gasteiger partial charge in [-0.1, -0.05) is 23.7 Å². The molecule has 0 aliphatic heterocycles. The lowest BCUT2D eigenvalue weighted by Crippen LogP contribution is -2.29. The minimum Gasteiger partial charge on any atom is -0.387 e. The van der Waals surface area contributed by atoms with E-state index >= 15 is 0 Å². The van der Waals surface area contributed by atoms with Gasteiger partial charge in [0.1, 0.15) is 29.2 Å². The summed E-state index contributed by atoms with van der Waals surface area (Å²) in [5.41, 5.74) is -0.730. The Bertz CT molecular complexity index is 1240. The first-order valence-corrected chi connectivity index (χ1v) is 10.3. The third kappa shape index (κ3) is 3.63. The molecule has 166 valence electrons. The second-order valence-electron chi connectivity index (χ2n) is 7.94. The molecule has 1 saturated carbocycles. The lowest BCUT2D eigenvalue weighted by molar-refractivity contribution is -0.108. The van der Waals surface area contributed by atoms with E-state index in [0.29, 0.717) is 35.3 Å². The minimum atomic E-state index is -3.74. The van der Waals surface area contributed by atoms with Gasteiger partial charge < -0.3 is 15.3 Å². The van der Waals surface area contributed by atoms with Crippen molar-refractivity contribution in [3.63, 3.8) is 0 Å². The molecule has 1 fully saturated rings. The number of benzene rings is 1. The number of nitrogens with one attached hydrogen (secondary N) is 1. The van der Waals surface area contributed by atoms with Crippen LogP contribution in [0.5, 0.6) is 0 Å². The topological polar surface area (TPSA) is 75.3 Å². The van der Waals surface area contributed by atoms with Crippen LogP contribution in [0, 0.1) is 12.4 Å². The summed E-state index contributed by atoms with van der Waals surface area (Å²) in [6, 6.07) is 4.60. The fourth-order valence-electron chi connectivity index (χ4n) is 3.62. The van der Waals surface area contributed by atoms with Gasteiger partial charge in [-0.2, -0.15) is 8.78 Å². The molecule has 1 aromatic carbocycles. The first-order chi connectivity index (χ1) is 15.1. The quantitative estimate of drug-likeness (QED) is 0.381. The second-order valence-corrected chi connectivity index (χ2v) is 8.30. The number of pyridine rings is 1. The van der Waals surface area contributed by atoms with E-state index in [1.165, 1.54) is 18.5 Å². The summed E-state index contributed by atoms with van der Waals surface area (Å²) in [5, 5.41) is 13.1. The van der Waals surface area contributed by atoms with E-state index in [1.807, 2.05) is 0 Å². The number of aliphatic hydroxyl groups excluding tert-OH is 1. The Morgan fingerprint density at radius 3 is 2.62 bits per heavy atom. The Morgan fingerprint density at radius 1 is 1.28 bits per heavy atom. The number of fused-ring (bicyclic) bond motifs is 1. The molecule has 1 aliphatic rings. The average molecular weight is 462 g/mol. The van der Waals surface area contributed by atoms with Gasteiger partial charge in [0.15, 0.2) is 5.65 Å². The summed E-state index contributed by atoms with van der Waals surface area (Å²) in [4.78, 5) is 16.3. The maximum atomic E-state index is 15.0. The number of nitrogens with zero attached hydrogens (tertiary/aromatic N) is 4. The zero-order valence-corrected chi connectivity index (χ0v) is 18.0. The summed E-state index contributed by atoms with van der Waals surface area (Å²) < 4.78 is 43.5. The number of aliphatic hydroxyl groups is 1. The SMILES string of the molecule is [C-]#[N+]C1(c2cc3c(N[C@H](C)c4cccc(C(F)(F)[C@H](C)O)c4F)ncnc3nc2Cl)CC1. The molecule has 0 bridgehead atoms. The summed E-state index contributed by atoms with van der Waals surface area (Å²) in [5.74, 6) is -4.54. The van der Waals surface area contributed by atoms with Gasteiger partial charge in [-0.25, -0.2) is 25.9 Å². The van der Waals surface area contributed by atoms with Crippen LogP contribution < -0.4 is 5.32 Å². The summed E-state index contributed by atoms with van der Waals surface area (Å²) in [6.45, 7) is 9.99. The monoisotopic (exact) mass is 461 g/mol. The molecule has 3 aromatic rings. The lowest BCUT2D eigenvalue weighted by atomic mass is 9.97. The molecular formula is C22H19ClF3N5O. The van der Waals surface area contributed by atoms with Crippen molar-refractivity contribution in [3.05, 3.63) is 69.7 Å². The van der Waals surface area contributed by atoms with Crippen molar-refractivity contribution >= 4 is 28.5 Å². The van der Waals surface area contributed by atoms with Gasteiger partial charge in [0.05, 0.1) is 22.6 Å². The van der Waals surface area contributed by atoms with Gasteiger partial charge >= 0.3 is 5.92 Å². The molecule has 2 heterocycles. The van der Waals surface area contributed by atoms with Crippen molar-refractivity contribution < 1.29 is 18.3 Å². The molecular weight excluding hydrogens is 443 g/mol. The zero-order valence-electron chi connectivity index (χ0n) is 17.2. The van der Waals surface area contributed by atoms with Crippen molar-refractivity contribution in [2.75, 3.05) is 5.32 Å². The van der Waals surface area contributed by atoms with Crippen molar-refractivity contribution in [1.82, 2.24) is 15.0 Å². The Kier molecular flexibility index (Phi) is 5.47. The smallest absolute Gasteiger partial charge is 0.301 e. The molecule has 1 aliphatic carbocycles. The molecule has 2 atom stereocenters. The fourth-order valence-corrected chi connectivity index (χ4v) is 3.93. The Hall–Kier alpha value is -2.96. The van der Waals surface area contributed by atoms with Gasteiger partial charge in [-0.05, 0) is 26.0 Å². The van der Waals surface area contributed by atoms with E-state index in [0.717, 1.165) is 13.0 Å². The molecule has 0 saturated heterocycles. The van der Waals surface area contributed by atoms with Gasteiger partial charge in [0.2, 0.25) is 0 Å². The van der Waals surface area contributed by atoms with Gasteiger partial charge in [-0.3, -0.25) is 0 Å². The van der Waals surface area contributed by atoms with Crippen LogP contribution in [0.2, 0.25) is 5.15 Å². The summed E-state index contributed by atoms with van der Waals surface area (Å²) in [6.07, 6.45) is 0.557. The molecule has 32 heavy (non-hydrogen) atoms. The summed E-state index contributed by atoms with van der Waals surface area (Å²) >= 11 is 6.29. The van der Waals surface area contributed by atoms with Crippen LogP contribution in [-0.2, 0) is 11.5 Å². The van der Waals surface area contributed by atoms with Crippen LogP contribution in [0.15, 0.2) is 30.6 Å². The first-order valence-electron chi connectivity index (χ1n) is 9.92. The maximum absolute atomic E-state index is 15.0. The van der Waals surface area contributed by atoms with E-state index in [4.69, 9.17) is 18.2 Å². The lowest BCUT2D eigenvalue weighted by Gasteiger charge is -2.23. The normalized spacial score (nSPS) is 16.9. The van der Waals surface area contributed by atoms with Crippen molar-refractivity contribution in [2.45, 2.75) is 50.3 Å². The zero-order chi connectivity index (χ0) is 23.3. The highest BCUT2D eigenvalue weighted by molar-refractivity contribution is 6.30. The number of rotatable bonds is 6. The van der Waals surface area contributed by atoms with Crippen LogP contribution in [-0.4, -0.2) is 26.2 Å². The number of hydrogen-bond donors (Lipinski definition) is 2. The van der Waals surface area contributed by atoms with Gasteiger partial charge in [-0.15, -0.1) is 0 Å². The van der Waals surface area contributed by atoms with Crippen LogP contribution in [0.1, 0.15) is 49.4 Å². The van der Waals surface area contributed by atoms with E-state index in [-0.39, 0.29) is 10.7 Å². The molecule has 0 radical (unpaired) electrons. The molecule has 4 rings (SSSR count). The predicted octanol–water partition coefficient (Wildman–Crippen LogP) is 5.37. The minimum absolute atomic E-state index is 0.0171.